The first-order chi connectivity index (χ1) is 8.56. The summed E-state index contributed by atoms with van der Waals surface area (Å²) in [4.78, 5) is 10.6. The summed E-state index contributed by atoms with van der Waals surface area (Å²) < 4.78 is 2.05. The van der Waals surface area contributed by atoms with Gasteiger partial charge in [0, 0.05) is 12.5 Å². The van der Waals surface area contributed by atoms with E-state index in [0.29, 0.717) is 11.1 Å². The summed E-state index contributed by atoms with van der Waals surface area (Å²) in [5.41, 5.74) is 0. The van der Waals surface area contributed by atoms with E-state index in [1.807, 2.05) is 0 Å². The van der Waals surface area contributed by atoms with Crippen LogP contribution in [0.2, 0.25) is 0 Å². The van der Waals surface area contributed by atoms with Gasteiger partial charge in [-0.25, -0.2) is 0 Å². The van der Waals surface area contributed by atoms with Crippen molar-refractivity contribution >= 4 is 29.5 Å². The van der Waals surface area contributed by atoms with Gasteiger partial charge in [-0.05, 0) is 18.4 Å². The minimum Gasteiger partial charge on any atom is -0.481 e. The van der Waals surface area contributed by atoms with Crippen LogP contribution >= 0.6 is 23.5 Å². The van der Waals surface area contributed by atoms with Crippen LogP contribution in [0.15, 0.2) is 5.16 Å². The molecule has 1 aromatic heterocycles. The van der Waals surface area contributed by atoms with Crippen LogP contribution in [-0.4, -0.2) is 43.6 Å². The van der Waals surface area contributed by atoms with E-state index >= 15 is 0 Å². The third-order valence-electron chi connectivity index (χ3n) is 2.32. The third kappa shape index (κ3) is 4.53. The number of carboxylic acid groups (broad SMARTS) is 1. The van der Waals surface area contributed by atoms with E-state index in [1.165, 1.54) is 11.8 Å². The van der Waals surface area contributed by atoms with Crippen LogP contribution in [-0.2, 0) is 11.3 Å². The van der Waals surface area contributed by atoms with E-state index < -0.39 is 5.97 Å². The quantitative estimate of drug-likeness (QED) is 0.585. The molecule has 1 N–H and O–H groups in total. The first-order valence-electron chi connectivity index (χ1n) is 5.83. The molecular weight excluding hydrogens is 270 g/mol. The smallest absolute Gasteiger partial charge is 0.313 e. The lowest BCUT2D eigenvalue weighted by Crippen LogP contribution is -2.09. The van der Waals surface area contributed by atoms with E-state index in [9.17, 15) is 4.79 Å². The number of thioether (sulfide) groups is 2. The Morgan fingerprint density at radius 2 is 2.17 bits per heavy atom. The fourth-order valence-electron chi connectivity index (χ4n) is 1.54. The Kier molecular flexibility index (Phi) is 6.56. The normalized spacial score (nSPS) is 11.1. The number of aromatic nitrogens is 3. The minimum atomic E-state index is -0.829. The van der Waals surface area contributed by atoms with Crippen LogP contribution in [0.3, 0.4) is 0 Å². The average molecular weight is 289 g/mol. The molecule has 18 heavy (non-hydrogen) atoms. The number of aliphatic carboxylic acids is 1. The molecule has 0 fully saturated rings. The molecule has 102 valence electrons. The molecule has 1 heterocycles. The van der Waals surface area contributed by atoms with Gasteiger partial charge in [0.25, 0.3) is 0 Å². The third-order valence-corrected chi connectivity index (χ3v) is 3.97. The Hall–Kier alpha value is -0.690. The molecule has 0 aliphatic carbocycles. The van der Waals surface area contributed by atoms with Crippen LogP contribution in [0.4, 0.5) is 0 Å². The summed E-state index contributed by atoms with van der Waals surface area (Å²) in [6.07, 6.45) is 3.12. The van der Waals surface area contributed by atoms with E-state index in [4.69, 9.17) is 5.11 Å². The average Bonchev–Trinajstić information content (AvgIpc) is 2.70. The molecule has 1 aromatic rings. The van der Waals surface area contributed by atoms with Gasteiger partial charge in [-0.2, -0.15) is 11.8 Å². The molecule has 0 bridgehead atoms. The van der Waals surface area contributed by atoms with E-state index in [1.54, 1.807) is 11.8 Å². The van der Waals surface area contributed by atoms with Crippen molar-refractivity contribution in [3.63, 3.8) is 0 Å². The second kappa shape index (κ2) is 7.68. The maximum Gasteiger partial charge on any atom is 0.313 e. The molecule has 0 aliphatic rings. The Balaban J connectivity index is 2.78. The highest BCUT2D eigenvalue weighted by atomic mass is 32.2. The number of nitrogens with zero attached hydrogens (tertiary/aromatic N) is 3. The van der Waals surface area contributed by atoms with Crippen molar-refractivity contribution in [3.8, 4) is 0 Å². The standard InChI is InChI=1S/C11H19N3O2S2/c1-8(2)10-12-13-11(18-7-9(15)16)14(10)5-4-6-17-3/h8H,4-7H2,1-3H3,(H,15,16). The van der Waals surface area contributed by atoms with Crippen LogP contribution in [0.1, 0.15) is 32.0 Å². The molecule has 0 aromatic carbocycles. The van der Waals surface area contributed by atoms with E-state index in [0.717, 1.165) is 24.5 Å². The number of carboxylic acids is 1. The molecule has 0 unspecified atom stereocenters. The van der Waals surface area contributed by atoms with Gasteiger partial charge in [-0.3, -0.25) is 4.79 Å². The second-order valence-corrected chi connectivity index (χ2v) is 6.10. The zero-order valence-electron chi connectivity index (χ0n) is 10.9. The molecule has 0 radical (unpaired) electrons. The van der Waals surface area contributed by atoms with Crippen LogP contribution in [0.5, 0.6) is 0 Å². The number of hydrogen-bond donors (Lipinski definition) is 1. The molecule has 0 amide bonds. The fourth-order valence-corrected chi connectivity index (χ4v) is 2.65. The molecule has 5 nitrogen and oxygen atoms in total. The monoisotopic (exact) mass is 289 g/mol. The topological polar surface area (TPSA) is 68.0 Å². The summed E-state index contributed by atoms with van der Waals surface area (Å²) in [6.45, 7) is 4.99. The van der Waals surface area contributed by atoms with Crippen molar-refractivity contribution in [2.24, 2.45) is 0 Å². The lowest BCUT2D eigenvalue weighted by Gasteiger charge is -2.11. The Morgan fingerprint density at radius 3 is 2.72 bits per heavy atom. The highest BCUT2D eigenvalue weighted by Gasteiger charge is 2.15. The largest absolute Gasteiger partial charge is 0.481 e. The lowest BCUT2D eigenvalue weighted by molar-refractivity contribution is -0.133. The highest BCUT2D eigenvalue weighted by Crippen LogP contribution is 2.21. The van der Waals surface area contributed by atoms with E-state index in [-0.39, 0.29) is 5.75 Å². The SMILES string of the molecule is CSCCCn1c(SCC(=O)O)nnc1C(C)C. The van der Waals surface area contributed by atoms with Crippen LogP contribution in [0, 0.1) is 0 Å². The van der Waals surface area contributed by atoms with Crippen molar-refractivity contribution in [2.75, 3.05) is 17.8 Å². The molecule has 0 saturated heterocycles. The van der Waals surface area contributed by atoms with Crippen molar-refractivity contribution in [3.05, 3.63) is 5.82 Å². The maximum atomic E-state index is 10.6. The number of carbonyl (C=O) groups is 1. The molecular formula is C11H19N3O2S2. The van der Waals surface area contributed by atoms with Gasteiger partial charge in [0.1, 0.15) is 5.82 Å². The highest BCUT2D eigenvalue weighted by molar-refractivity contribution is 7.99. The molecule has 0 spiro atoms. The molecule has 1 rings (SSSR count). The van der Waals surface area contributed by atoms with Crippen LogP contribution in [0.25, 0.3) is 0 Å². The van der Waals surface area contributed by atoms with Gasteiger partial charge in [0.05, 0.1) is 5.75 Å². The Bertz CT molecular complexity index is 394. The Labute approximate surface area is 116 Å². The minimum absolute atomic E-state index is 0.0265. The van der Waals surface area contributed by atoms with Gasteiger partial charge in [-0.1, -0.05) is 25.6 Å². The number of hydrogen-bond acceptors (Lipinski definition) is 5. The second-order valence-electron chi connectivity index (χ2n) is 4.18. The predicted octanol–water partition coefficient (Wildman–Crippen LogP) is 2.33. The van der Waals surface area contributed by atoms with Gasteiger partial charge in [0.2, 0.25) is 0 Å². The fraction of sp³-hybridized carbons (Fsp3) is 0.727. The molecule has 0 atom stereocenters. The van der Waals surface area contributed by atoms with Gasteiger partial charge >= 0.3 is 5.97 Å². The molecule has 0 saturated carbocycles. The summed E-state index contributed by atoms with van der Waals surface area (Å²) in [5, 5.41) is 17.7. The van der Waals surface area contributed by atoms with Crippen molar-refractivity contribution < 1.29 is 9.90 Å². The first-order valence-corrected chi connectivity index (χ1v) is 8.20. The van der Waals surface area contributed by atoms with Gasteiger partial charge < -0.3 is 9.67 Å². The lowest BCUT2D eigenvalue weighted by atomic mass is 10.2. The first kappa shape index (κ1) is 15.4. The summed E-state index contributed by atoms with van der Waals surface area (Å²) in [6, 6.07) is 0. The summed E-state index contributed by atoms with van der Waals surface area (Å²) in [5.74, 6) is 1.51. The van der Waals surface area contributed by atoms with Crippen molar-refractivity contribution in [2.45, 2.75) is 37.9 Å². The Morgan fingerprint density at radius 1 is 1.44 bits per heavy atom. The zero-order chi connectivity index (χ0) is 13.5. The van der Waals surface area contributed by atoms with Gasteiger partial charge in [-0.15, -0.1) is 10.2 Å². The van der Waals surface area contributed by atoms with Crippen LogP contribution < -0.4 is 0 Å². The van der Waals surface area contributed by atoms with Crippen molar-refractivity contribution in [1.82, 2.24) is 14.8 Å². The van der Waals surface area contributed by atoms with Gasteiger partial charge in [0.15, 0.2) is 5.16 Å². The zero-order valence-corrected chi connectivity index (χ0v) is 12.6. The summed E-state index contributed by atoms with van der Waals surface area (Å²) >= 11 is 3.04. The molecule has 0 aliphatic heterocycles. The van der Waals surface area contributed by atoms with E-state index in [2.05, 4.69) is 34.9 Å². The predicted molar refractivity (Wildman–Crippen MR) is 75.5 cm³/mol. The summed E-state index contributed by atoms with van der Waals surface area (Å²) in [7, 11) is 0. The maximum absolute atomic E-state index is 10.6. The molecule has 7 heteroatoms. The van der Waals surface area contributed by atoms with Crippen molar-refractivity contribution in [1.29, 1.82) is 0 Å². The number of rotatable bonds is 8.